The number of amides is 1. The summed E-state index contributed by atoms with van der Waals surface area (Å²) >= 11 is 0. The molecule has 0 aliphatic carbocycles. The molecule has 0 radical (unpaired) electrons. The van der Waals surface area contributed by atoms with Gasteiger partial charge in [-0.3, -0.25) is 9.20 Å². The number of nitrogen functional groups attached to an aromatic ring is 1. The highest BCUT2D eigenvalue weighted by atomic mass is 19.4. The monoisotopic (exact) mass is 486 g/mol. The first-order valence-electron chi connectivity index (χ1n) is 10.8. The summed E-state index contributed by atoms with van der Waals surface area (Å²) in [5, 5.41) is 0. The van der Waals surface area contributed by atoms with Crippen LogP contribution in [-0.2, 0) is 6.18 Å². The number of halogens is 4. The molecule has 180 valence electrons. The van der Waals surface area contributed by atoms with Gasteiger partial charge in [-0.1, -0.05) is 6.07 Å². The van der Waals surface area contributed by atoms with Crippen molar-refractivity contribution >= 4 is 28.3 Å². The largest absolute Gasteiger partial charge is 0.487 e. The number of hydrogen-bond donors (Lipinski definition) is 1. The number of benzene rings is 1. The fraction of sp³-hybridized carbons (Fsp3) is 0.304. The predicted molar refractivity (Wildman–Crippen MR) is 117 cm³/mol. The van der Waals surface area contributed by atoms with Crippen molar-refractivity contribution in [3.05, 3.63) is 59.3 Å². The summed E-state index contributed by atoms with van der Waals surface area (Å²) in [6.45, 7) is 1.55. The summed E-state index contributed by atoms with van der Waals surface area (Å²) in [6, 6.07) is 3.92. The van der Waals surface area contributed by atoms with Gasteiger partial charge in [0.1, 0.15) is 41.1 Å². The molecule has 5 heterocycles. The Hall–Kier alpha value is -3.96. The zero-order valence-corrected chi connectivity index (χ0v) is 18.3. The average Bonchev–Trinajstić information content (AvgIpc) is 3.37. The summed E-state index contributed by atoms with van der Waals surface area (Å²) in [5.41, 5.74) is 7.86. The molecule has 0 spiro atoms. The molecule has 2 unspecified atom stereocenters. The minimum Gasteiger partial charge on any atom is -0.487 e. The standard InChI is InChI=1S/C23H18F4N6O2/c1-10-19-21(28)31-15-7-29-14(6-16(15)33(19)9-30-10)22(34)32-8-12(24)5-18-20(32)13-3-2-11(23(25,26)27)4-17(13)35-18/h2-4,6-7,9,12,18,20H,5,8H2,1H3,(H2,28,31)/t12?,18?,20-/m0/s1. The quantitative estimate of drug-likeness (QED) is 0.410. The molecule has 2 aliphatic rings. The topological polar surface area (TPSA) is 98.6 Å². The van der Waals surface area contributed by atoms with Crippen molar-refractivity contribution in [1.82, 2.24) is 24.3 Å². The van der Waals surface area contributed by atoms with Crippen LogP contribution in [0.3, 0.4) is 0 Å². The zero-order valence-electron chi connectivity index (χ0n) is 18.3. The Balaban J connectivity index is 1.42. The van der Waals surface area contributed by atoms with E-state index in [2.05, 4.69) is 15.0 Å². The molecular weight excluding hydrogens is 468 g/mol. The van der Waals surface area contributed by atoms with E-state index in [4.69, 9.17) is 10.5 Å². The first-order valence-corrected chi connectivity index (χ1v) is 10.8. The van der Waals surface area contributed by atoms with E-state index in [0.717, 1.165) is 12.1 Å². The molecule has 3 aromatic heterocycles. The van der Waals surface area contributed by atoms with E-state index < -0.39 is 36.0 Å². The molecule has 0 bridgehead atoms. The van der Waals surface area contributed by atoms with Gasteiger partial charge in [0.25, 0.3) is 5.91 Å². The summed E-state index contributed by atoms with van der Waals surface area (Å²) in [7, 11) is 0. The Bertz CT molecular complexity index is 1520. The van der Waals surface area contributed by atoms with Crippen LogP contribution in [0.25, 0.3) is 16.6 Å². The van der Waals surface area contributed by atoms with Gasteiger partial charge >= 0.3 is 6.18 Å². The molecule has 1 saturated heterocycles. The number of likely N-dealkylation sites (tertiary alicyclic amines) is 1. The first kappa shape index (κ1) is 21.6. The van der Waals surface area contributed by atoms with Gasteiger partial charge < -0.3 is 15.4 Å². The number of fused-ring (bicyclic) bond motifs is 6. The van der Waals surface area contributed by atoms with Crippen LogP contribution < -0.4 is 10.5 Å². The van der Waals surface area contributed by atoms with Crippen molar-refractivity contribution in [3.63, 3.8) is 0 Å². The van der Waals surface area contributed by atoms with Gasteiger partial charge in [-0.25, -0.2) is 19.3 Å². The van der Waals surface area contributed by atoms with E-state index in [-0.39, 0.29) is 30.2 Å². The van der Waals surface area contributed by atoms with Crippen LogP contribution in [0.15, 0.2) is 36.8 Å². The molecule has 2 N–H and O–H groups in total. The second-order valence-corrected chi connectivity index (χ2v) is 8.75. The Kier molecular flexibility index (Phi) is 4.48. The highest BCUT2D eigenvalue weighted by Gasteiger charge is 2.47. The second-order valence-electron chi connectivity index (χ2n) is 8.75. The number of piperidine rings is 1. The molecule has 4 aromatic rings. The van der Waals surface area contributed by atoms with Crippen LogP contribution >= 0.6 is 0 Å². The number of hydrogen-bond acceptors (Lipinski definition) is 6. The van der Waals surface area contributed by atoms with Gasteiger partial charge in [-0.15, -0.1) is 0 Å². The van der Waals surface area contributed by atoms with Crippen molar-refractivity contribution in [2.45, 2.75) is 37.8 Å². The number of pyridine rings is 1. The summed E-state index contributed by atoms with van der Waals surface area (Å²) in [5.74, 6) is -0.295. The third-order valence-corrected chi connectivity index (χ3v) is 6.54. The molecule has 12 heteroatoms. The van der Waals surface area contributed by atoms with Crippen molar-refractivity contribution in [3.8, 4) is 5.75 Å². The summed E-state index contributed by atoms with van der Waals surface area (Å²) in [6.07, 6.45) is -3.82. The summed E-state index contributed by atoms with van der Waals surface area (Å²) < 4.78 is 61.5. The second kappa shape index (κ2) is 7.27. The molecule has 35 heavy (non-hydrogen) atoms. The lowest BCUT2D eigenvalue weighted by molar-refractivity contribution is -0.137. The Morgan fingerprint density at radius 3 is 2.80 bits per heavy atom. The number of rotatable bonds is 1. The molecule has 1 amide bonds. The molecule has 1 aromatic carbocycles. The van der Waals surface area contributed by atoms with Crippen LogP contribution in [-0.4, -0.2) is 49.0 Å². The van der Waals surface area contributed by atoms with Gasteiger partial charge in [0, 0.05) is 12.0 Å². The molecule has 2 aliphatic heterocycles. The highest BCUT2D eigenvalue weighted by molar-refractivity contribution is 5.96. The smallest absolute Gasteiger partial charge is 0.416 e. The molecule has 0 saturated carbocycles. The van der Waals surface area contributed by atoms with Gasteiger partial charge in [-0.2, -0.15) is 13.2 Å². The lowest BCUT2D eigenvalue weighted by Gasteiger charge is -2.38. The molecule has 8 nitrogen and oxygen atoms in total. The van der Waals surface area contributed by atoms with Gasteiger partial charge in [-0.05, 0) is 25.1 Å². The number of nitrogens with zero attached hydrogens (tertiary/aromatic N) is 5. The Morgan fingerprint density at radius 1 is 1.23 bits per heavy atom. The highest BCUT2D eigenvalue weighted by Crippen LogP contribution is 2.47. The lowest BCUT2D eigenvalue weighted by atomic mass is 9.92. The van der Waals surface area contributed by atoms with Crippen molar-refractivity contribution in [1.29, 1.82) is 0 Å². The van der Waals surface area contributed by atoms with E-state index in [1.807, 2.05) is 0 Å². The molecular formula is C23H18F4N6O2. The van der Waals surface area contributed by atoms with E-state index in [0.29, 0.717) is 27.8 Å². The van der Waals surface area contributed by atoms with Crippen LogP contribution in [0, 0.1) is 6.92 Å². The van der Waals surface area contributed by atoms with Gasteiger partial charge in [0.05, 0.1) is 35.6 Å². The van der Waals surface area contributed by atoms with Gasteiger partial charge in [0.15, 0.2) is 5.82 Å². The minimum atomic E-state index is -4.55. The van der Waals surface area contributed by atoms with Crippen LogP contribution in [0.4, 0.5) is 23.4 Å². The first-order chi connectivity index (χ1) is 16.6. The third-order valence-electron chi connectivity index (χ3n) is 6.54. The summed E-state index contributed by atoms with van der Waals surface area (Å²) in [4.78, 5) is 27.7. The zero-order chi connectivity index (χ0) is 24.6. The number of anilines is 1. The van der Waals surface area contributed by atoms with Crippen molar-refractivity contribution in [2.75, 3.05) is 12.3 Å². The normalized spacial score (nSPS) is 21.7. The predicted octanol–water partition coefficient (Wildman–Crippen LogP) is 3.87. The minimum absolute atomic E-state index is 0.00321. The number of ether oxygens (including phenoxy) is 1. The van der Waals surface area contributed by atoms with Crippen molar-refractivity contribution in [2.24, 2.45) is 0 Å². The fourth-order valence-corrected chi connectivity index (χ4v) is 4.99. The SMILES string of the molecule is Cc1ncn2c1c(N)nc1cnc(C(=O)N3CC(F)CC4Oc5cc(C(F)(F)F)ccc5[C@@H]43)cc12. The Morgan fingerprint density at radius 2 is 2.03 bits per heavy atom. The Labute approximate surface area is 195 Å². The number of aryl methyl sites for hydroxylation is 1. The van der Waals surface area contributed by atoms with Crippen LogP contribution in [0.1, 0.15) is 39.8 Å². The van der Waals surface area contributed by atoms with E-state index >= 15 is 0 Å². The fourth-order valence-electron chi connectivity index (χ4n) is 4.99. The maximum absolute atomic E-state index is 14.6. The van der Waals surface area contributed by atoms with E-state index in [1.54, 1.807) is 17.7 Å². The average molecular weight is 486 g/mol. The van der Waals surface area contributed by atoms with Crippen LogP contribution in [0.2, 0.25) is 0 Å². The molecule has 3 atom stereocenters. The maximum Gasteiger partial charge on any atom is 0.416 e. The number of nitrogens with two attached hydrogens (primary N) is 1. The van der Waals surface area contributed by atoms with Gasteiger partial charge in [0.2, 0.25) is 0 Å². The van der Waals surface area contributed by atoms with E-state index in [1.165, 1.54) is 23.2 Å². The lowest BCUT2D eigenvalue weighted by Crippen LogP contribution is -2.49. The molecule has 1 fully saturated rings. The number of alkyl halides is 4. The number of aromatic nitrogens is 4. The number of carbonyl (C=O) groups is 1. The number of carbonyl (C=O) groups excluding carboxylic acids is 1. The van der Waals surface area contributed by atoms with Crippen LogP contribution in [0.5, 0.6) is 5.75 Å². The number of imidazole rings is 1. The molecule has 6 rings (SSSR count). The maximum atomic E-state index is 14.6. The van der Waals surface area contributed by atoms with Crippen molar-refractivity contribution < 1.29 is 27.1 Å². The third kappa shape index (κ3) is 3.27. The van der Waals surface area contributed by atoms with E-state index in [9.17, 15) is 22.4 Å².